The van der Waals surface area contributed by atoms with Gasteiger partial charge in [-0.2, -0.15) is 0 Å². The number of carbonyl (C=O) groups is 2. The summed E-state index contributed by atoms with van der Waals surface area (Å²) in [6.45, 7) is 4.29. The lowest BCUT2D eigenvalue weighted by Crippen LogP contribution is -2.72. The molecule has 1 saturated heterocycles. The van der Waals surface area contributed by atoms with Gasteiger partial charge in [-0.15, -0.1) is 0 Å². The van der Waals surface area contributed by atoms with Crippen LogP contribution >= 0.6 is 0 Å². The van der Waals surface area contributed by atoms with Crippen LogP contribution in [0, 0.1) is 5.92 Å². The Bertz CT molecular complexity index is 716. The summed E-state index contributed by atoms with van der Waals surface area (Å²) in [5.74, 6) is 0.379. The summed E-state index contributed by atoms with van der Waals surface area (Å²) in [5.41, 5.74) is 2.03. The second-order valence-corrected chi connectivity index (χ2v) is 7.99. The second kappa shape index (κ2) is 6.58. The molecule has 0 spiro atoms. The molecule has 6 nitrogen and oxygen atoms in total. The normalized spacial score (nSPS) is 27.3. The number of benzene rings is 1. The van der Waals surface area contributed by atoms with Gasteiger partial charge >= 0.3 is 6.03 Å². The maximum Gasteiger partial charge on any atom is 0.318 e. The number of para-hydroxylation sites is 1. The maximum absolute atomic E-state index is 13.0. The number of nitrogens with one attached hydrogen (secondary N) is 1. The summed E-state index contributed by atoms with van der Waals surface area (Å²) in [4.78, 5) is 29.2. The van der Waals surface area contributed by atoms with Crippen molar-refractivity contribution < 1.29 is 14.7 Å². The van der Waals surface area contributed by atoms with Crippen molar-refractivity contribution in [3.8, 4) is 0 Å². The van der Waals surface area contributed by atoms with Gasteiger partial charge in [0.1, 0.15) is 0 Å². The molecule has 3 amide bonds. The van der Waals surface area contributed by atoms with Gasteiger partial charge < -0.3 is 20.2 Å². The summed E-state index contributed by atoms with van der Waals surface area (Å²) < 4.78 is 0. The van der Waals surface area contributed by atoms with Gasteiger partial charge in [0, 0.05) is 30.1 Å². The van der Waals surface area contributed by atoms with Crippen LogP contribution in [0.5, 0.6) is 0 Å². The van der Waals surface area contributed by atoms with Gasteiger partial charge in [0.05, 0.1) is 18.7 Å². The first-order chi connectivity index (χ1) is 12.5. The molecule has 1 aromatic carbocycles. The number of fused-ring (bicyclic) bond motifs is 3. The van der Waals surface area contributed by atoms with E-state index in [0.717, 1.165) is 30.5 Å². The van der Waals surface area contributed by atoms with E-state index in [1.165, 1.54) is 0 Å². The number of urea groups is 1. The Hall–Kier alpha value is -2.08. The van der Waals surface area contributed by atoms with Crippen molar-refractivity contribution in [1.29, 1.82) is 0 Å². The van der Waals surface area contributed by atoms with Crippen LogP contribution in [-0.4, -0.2) is 53.2 Å². The number of aliphatic hydroxyl groups is 1. The Kier molecular flexibility index (Phi) is 4.39. The zero-order chi connectivity index (χ0) is 18.4. The van der Waals surface area contributed by atoms with Gasteiger partial charge in [0.15, 0.2) is 0 Å². The monoisotopic (exact) mass is 357 g/mol. The third-order valence-corrected chi connectivity index (χ3v) is 6.05. The van der Waals surface area contributed by atoms with Crippen molar-refractivity contribution >= 4 is 17.6 Å². The molecule has 2 heterocycles. The predicted octanol–water partition coefficient (Wildman–Crippen LogP) is 2.08. The Labute approximate surface area is 154 Å². The van der Waals surface area contributed by atoms with E-state index in [9.17, 15) is 14.7 Å². The molecular weight excluding hydrogens is 330 g/mol. The summed E-state index contributed by atoms with van der Waals surface area (Å²) in [7, 11) is 0. The summed E-state index contributed by atoms with van der Waals surface area (Å²) in [5, 5.41) is 12.8. The van der Waals surface area contributed by atoms with E-state index in [1.807, 2.05) is 43.0 Å². The van der Waals surface area contributed by atoms with Crippen molar-refractivity contribution in [1.82, 2.24) is 10.2 Å². The smallest absolute Gasteiger partial charge is 0.318 e. The number of aliphatic hydroxyl groups excluding tert-OH is 1. The van der Waals surface area contributed by atoms with Crippen LogP contribution in [0.3, 0.4) is 0 Å². The van der Waals surface area contributed by atoms with Crippen LogP contribution in [0.15, 0.2) is 24.3 Å². The molecule has 6 heteroatoms. The van der Waals surface area contributed by atoms with E-state index in [4.69, 9.17) is 0 Å². The molecule has 1 saturated carbocycles. The maximum atomic E-state index is 13.0. The van der Waals surface area contributed by atoms with Gasteiger partial charge in [0.2, 0.25) is 5.91 Å². The number of rotatable bonds is 3. The zero-order valence-corrected chi connectivity index (χ0v) is 15.4. The Morgan fingerprint density at radius 1 is 1.27 bits per heavy atom. The van der Waals surface area contributed by atoms with Crippen molar-refractivity contribution in [2.45, 2.75) is 57.2 Å². The first-order valence-corrected chi connectivity index (χ1v) is 9.63. The van der Waals surface area contributed by atoms with E-state index >= 15 is 0 Å². The zero-order valence-electron chi connectivity index (χ0n) is 15.4. The average molecular weight is 357 g/mol. The fourth-order valence-electron chi connectivity index (χ4n) is 4.57. The van der Waals surface area contributed by atoms with E-state index in [2.05, 4.69) is 5.32 Å². The molecule has 0 aromatic heterocycles. The minimum Gasteiger partial charge on any atom is -0.394 e. The number of hydrogen-bond acceptors (Lipinski definition) is 3. The summed E-state index contributed by atoms with van der Waals surface area (Å²) >= 11 is 0. The van der Waals surface area contributed by atoms with E-state index in [-0.39, 0.29) is 48.5 Å². The Morgan fingerprint density at radius 2 is 2.00 bits per heavy atom. The lowest BCUT2D eigenvalue weighted by Gasteiger charge is -2.59. The standard InChI is InChI=1S/C20H27N3O3/c1-12(2)21-20(26)23-16-10-22(19(25)13-6-5-7-13)15-9-4-3-8-14(15)18(16)17(23)11-24/h3-4,8-9,12-13,16-18,24H,5-7,10-11H2,1-2H3,(H,21,26)/t16-,17+,18+/m1/s1. The molecule has 26 heavy (non-hydrogen) atoms. The van der Waals surface area contributed by atoms with Crippen molar-refractivity contribution in [2.24, 2.45) is 5.92 Å². The largest absolute Gasteiger partial charge is 0.394 e. The molecule has 3 atom stereocenters. The molecule has 0 unspecified atom stereocenters. The van der Waals surface area contributed by atoms with Gasteiger partial charge in [0.25, 0.3) is 0 Å². The SMILES string of the molecule is CC(C)NC(=O)N1[C@@H]2CN(C(=O)C3CCC3)c3ccccc3[C@@H]2[C@@H]1CO. The molecule has 2 fully saturated rings. The predicted molar refractivity (Wildman–Crippen MR) is 99.0 cm³/mol. The highest BCUT2D eigenvalue weighted by Gasteiger charge is 2.55. The van der Waals surface area contributed by atoms with Crippen molar-refractivity contribution in [3.05, 3.63) is 29.8 Å². The molecule has 2 N–H and O–H groups in total. The highest BCUT2D eigenvalue weighted by Crippen LogP contribution is 2.48. The van der Waals surface area contributed by atoms with Crippen LogP contribution in [0.2, 0.25) is 0 Å². The van der Waals surface area contributed by atoms with Crippen LogP contribution < -0.4 is 10.2 Å². The fraction of sp³-hybridized carbons (Fsp3) is 0.600. The van der Waals surface area contributed by atoms with Crippen LogP contribution in [-0.2, 0) is 4.79 Å². The summed E-state index contributed by atoms with van der Waals surface area (Å²) in [6, 6.07) is 7.51. The third-order valence-electron chi connectivity index (χ3n) is 6.05. The molecule has 1 aromatic rings. The van der Waals surface area contributed by atoms with Gasteiger partial charge in [-0.25, -0.2) is 4.79 Å². The van der Waals surface area contributed by atoms with Gasteiger partial charge in [-0.1, -0.05) is 24.6 Å². The lowest BCUT2D eigenvalue weighted by atomic mass is 9.71. The molecule has 2 aliphatic heterocycles. The highest BCUT2D eigenvalue weighted by atomic mass is 16.3. The minimum atomic E-state index is -0.235. The first kappa shape index (κ1) is 17.3. The summed E-state index contributed by atoms with van der Waals surface area (Å²) in [6.07, 6.45) is 3.04. The molecule has 0 radical (unpaired) electrons. The van der Waals surface area contributed by atoms with E-state index < -0.39 is 0 Å². The minimum absolute atomic E-state index is 0.0319. The Morgan fingerprint density at radius 3 is 2.62 bits per heavy atom. The third kappa shape index (κ3) is 2.58. The van der Waals surface area contributed by atoms with Crippen molar-refractivity contribution in [3.63, 3.8) is 0 Å². The molecular formula is C20H27N3O3. The number of likely N-dealkylation sites (tertiary alicyclic amines) is 1. The highest BCUT2D eigenvalue weighted by molar-refractivity contribution is 5.97. The molecule has 3 aliphatic rings. The lowest BCUT2D eigenvalue weighted by molar-refractivity contribution is -0.125. The number of amides is 3. The average Bonchev–Trinajstić information content (AvgIpc) is 2.52. The number of hydrogen-bond donors (Lipinski definition) is 2. The van der Waals surface area contributed by atoms with Crippen LogP contribution in [0.1, 0.15) is 44.6 Å². The van der Waals surface area contributed by atoms with Gasteiger partial charge in [-0.05, 0) is 38.3 Å². The second-order valence-electron chi connectivity index (χ2n) is 7.99. The number of carbonyl (C=O) groups excluding carboxylic acids is 2. The molecule has 140 valence electrons. The van der Waals surface area contributed by atoms with Crippen LogP contribution in [0.25, 0.3) is 0 Å². The quantitative estimate of drug-likeness (QED) is 0.870. The van der Waals surface area contributed by atoms with Crippen molar-refractivity contribution in [2.75, 3.05) is 18.1 Å². The first-order valence-electron chi connectivity index (χ1n) is 9.63. The number of anilines is 1. The molecule has 1 aliphatic carbocycles. The number of nitrogens with zero attached hydrogens (tertiary/aromatic N) is 2. The molecule has 0 bridgehead atoms. The van der Waals surface area contributed by atoms with Gasteiger partial charge in [-0.3, -0.25) is 4.79 Å². The van der Waals surface area contributed by atoms with E-state index in [0.29, 0.717) is 6.54 Å². The van der Waals surface area contributed by atoms with E-state index in [1.54, 1.807) is 4.90 Å². The van der Waals surface area contributed by atoms with Crippen LogP contribution in [0.4, 0.5) is 10.5 Å². The fourth-order valence-corrected chi connectivity index (χ4v) is 4.57. The molecule has 4 rings (SSSR count). The Balaban J connectivity index is 1.66. The topological polar surface area (TPSA) is 72.9 Å².